The summed E-state index contributed by atoms with van der Waals surface area (Å²) in [4.78, 5) is 34.8. The van der Waals surface area contributed by atoms with Gasteiger partial charge in [-0.1, -0.05) is 0 Å². The minimum Gasteiger partial charge on any atom is -0.444 e. The summed E-state index contributed by atoms with van der Waals surface area (Å²) in [6.07, 6.45) is 2.41. The average molecular weight is 327 g/mol. The average Bonchev–Trinajstić information content (AvgIpc) is 2.34. The number of hydrogen-bond acceptors (Lipinski definition) is 5. The molecule has 1 aliphatic rings. The Morgan fingerprint density at radius 2 is 1.86 bits per heavy atom. The Morgan fingerprint density at radius 1 is 1.32 bits per heavy atom. The third kappa shape index (κ3) is 3.85. The molecule has 0 spiro atoms. The van der Waals surface area contributed by atoms with Crippen LogP contribution < -0.4 is 0 Å². The Balaban J connectivity index is 1.88. The van der Waals surface area contributed by atoms with Crippen molar-refractivity contribution in [2.45, 2.75) is 32.4 Å². The monoisotopic (exact) mass is 326 g/mol. The van der Waals surface area contributed by atoms with Crippen LogP contribution in [-0.2, 0) is 4.74 Å². The summed E-state index contributed by atoms with van der Waals surface area (Å²) in [6.45, 7) is 6.35. The molecule has 0 saturated carbocycles. The molecule has 0 aliphatic carbocycles. The quantitative estimate of drug-likeness (QED) is 0.775. The number of nitrogens with zero attached hydrogens (tertiary/aromatic N) is 4. The third-order valence-electron chi connectivity index (χ3n) is 3.25. The van der Waals surface area contributed by atoms with Gasteiger partial charge in [0.25, 0.3) is 5.91 Å². The molecule has 1 aromatic rings. The van der Waals surface area contributed by atoms with E-state index in [1.165, 1.54) is 12.4 Å². The fraction of sp³-hybridized carbons (Fsp3) is 0.571. The van der Waals surface area contributed by atoms with Gasteiger partial charge in [-0.15, -0.1) is 0 Å². The summed E-state index contributed by atoms with van der Waals surface area (Å²) in [7, 11) is 1.69. The van der Waals surface area contributed by atoms with E-state index >= 15 is 0 Å². The molecule has 0 aromatic carbocycles. The van der Waals surface area contributed by atoms with Crippen molar-refractivity contribution >= 4 is 23.6 Å². The maximum absolute atomic E-state index is 12.3. The molecule has 1 aromatic heterocycles. The molecule has 1 saturated heterocycles. The molecule has 1 aliphatic heterocycles. The fourth-order valence-electron chi connectivity index (χ4n) is 1.97. The molecule has 0 bridgehead atoms. The van der Waals surface area contributed by atoms with E-state index in [0.717, 1.165) is 0 Å². The lowest BCUT2D eigenvalue weighted by Crippen LogP contribution is -2.61. The van der Waals surface area contributed by atoms with Gasteiger partial charge in [0.15, 0.2) is 0 Å². The second kappa shape index (κ2) is 6.08. The highest BCUT2D eigenvalue weighted by Gasteiger charge is 2.37. The summed E-state index contributed by atoms with van der Waals surface area (Å²) in [5, 5.41) is 0.0962. The van der Waals surface area contributed by atoms with Gasteiger partial charge in [0.05, 0.1) is 11.6 Å². The molecule has 0 atom stereocenters. The van der Waals surface area contributed by atoms with E-state index < -0.39 is 5.60 Å². The van der Waals surface area contributed by atoms with Crippen molar-refractivity contribution in [2.75, 3.05) is 20.1 Å². The van der Waals surface area contributed by atoms with E-state index in [4.69, 9.17) is 16.3 Å². The van der Waals surface area contributed by atoms with E-state index in [0.29, 0.717) is 18.7 Å². The van der Waals surface area contributed by atoms with E-state index in [1.54, 1.807) is 16.8 Å². The van der Waals surface area contributed by atoms with Crippen molar-refractivity contribution in [1.82, 2.24) is 19.8 Å². The molecule has 120 valence electrons. The highest BCUT2D eigenvalue weighted by molar-refractivity contribution is 6.28. The predicted octanol–water partition coefficient (Wildman–Crippen LogP) is 1.82. The Labute approximate surface area is 134 Å². The normalized spacial score (nSPS) is 15.2. The topological polar surface area (TPSA) is 75.6 Å². The number of aromatic nitrogens is 2. The third-order valence-corrected chi connectivity index (χ3v) is 3.44. The summed E-state index contributed by atoms with van der Waals surface area (Å²) in [5.74, 6) is -0.203. The summed E-state index contributed by atoms with van der Waals surface area (Å²) < 4.78 is 5.28. The van der Waals surface area contributed by atoms with Gasteiger partial charge < -0.3 is 14.5 Å². The first kappa shape index (κ1) is 16.5. The first-order chi connectivity index (χ1) is 10.2. The summed E-state index contributed by atoms with van der Waals surface area (Å²) in [6, 6.07) is -0.0457. The van der Waals surface area contributed by atoms with Crippen LogP contribution in [0.3, 0.4) is 0 Å². The highest BCUT2D eigenvalue weighted by Crippen LogP contribution is 2.19. The fourth-order valence-corrected chi connectivity index (χ4v) is 2.07. The van der Waals surface area contributed by atoms with Crippen molar-refractivity contribution in [3.63, 3.8) is 0 Å². The number of ether oxygens (including phenoxy) is 1. The van der Waals surface area contributed by atoms with Crippen LogP contribution in [0.4, 0.5) is 4.79 Å². The molecule has 8 heteroatoms. The minimum absolute atomic E-state index is 0.0457. The lowest BCUT2D eigenvalue weighted by atomic mass is 10.1. The first-order valence-electron chi connectivity index (χ1n) is 6.90. The molecule has 22 heavy (non-hydrogen) atoms. The number of likely N-dealkylation sites (N-methyl/N-ethyl adjacent to an activating group) is 1. The van der Waals surface area contributed by atoms with Gasteiger partial charge in [0, 0.05) is 32.5 Å². The second-order valence-corrected chi connectivity index (χ2v) is 6.53. The van der Waals surface area contributed by atoms with Crippen molar-refractivity contribution in [1.29, 1.82) is 0 Å². The summed E-state index contributed by atoms with van der Waals surface area (Å²) in [5.41, 5.74) is -0.160. The van der Waals surface area contributed by atoms with Gasteiger partial charge in [0.2, 0.25) is 5.28 Å². The zero-order valence-corrected chi connectivity index (χ0v) is 13.8. The first-order valence-corrected chi connectivity index (χ1v) is 7.28. The molecule has 0 radical (unpaired) electrons. The van der Waals surface area contributed by atoms with Crippen LogP contribution >= 0.6 is 11.6 Å². The number of hydrogen-bond donors (Lipinski definition) is 0. The molecule has 2 heterocycles. The Morgan fingerprint density at radius 3 is 2.36 bits per heavy atom. The van der Waals surface area contributed by atoms with Gasteiger partial charge in [-0.05, 0) is 32.4 Å². The van der Waals surface area contributed by atoms with Crippen LogP contribution in [0, 0.1) is 0 Å². The molecule has 1 fully saturated rings. The molecule has 0 unspecified atom stereocenters. The molecular weight excluding hydrogens is 308 g/mol. The van der Waals surface area contributed by atoms with Crippen molar-refractivity contribution in [2.24, 2.45) is 0 Å². The van der Waals surface area contributed by atoms with Gasteiger partial charge >= 0.3 is 6.09 Å². The SMILES string of the molecule is CN(C(=O)c1cnc(Cl)nc1)C1CN(C(=O)OC(C)(C)C)C1. The standard InChI is InChI=1S/C14H19ClN4O3/c1-14(2,3)22-13(21)19-7-10(8-19)18(4)11(20)9-5-16-12(15)17-6-9/h5-6,10H,7-8H2,1-4H3. The highest BCUT2D eigenvalue weighted by atomic mass is 35.5. The molecule has 2 amide bonds. The lowest BCUT2D eigenvalue weighted by molar-refractivity contribution is -0.00908. The van der Waals surface area contributed by atoms with Crippen molar-refractivity contribution in [3.8, 4) is 0 Å². The van der Waals surface area contributed by atoms with Crippen molar-refractivity contribution in [3.05, 3.63) is 23.2 Å². The van der Waals surface area contributed by atoms with Gasteiger partial charge in [0.1, 0.15) is 5.60 Å². The number of likely N-dealkylation sites (tertiary alicyclic amines) is 1. The number of carbonyl (C=O) groups excluding carboxylic acids is 2. The van der Waals surface area contributed by atoms with Crippen LogP contribution in [0.15, 0.2) is 12.4 Å². The van der Waals surface area contributed by atoms with Crippen molar-refractivity contribution < 1.29 is 14.3 Å². The predicted molar refractivity (Wildman–Crippen MR) is 80.7 cm³/mol. The lowest BCUT2D eigenvalue weighted by Gasteiger charge is -2.43. The van der Waals surface area contributed by atoms with Crippen LogP contribution in [0.2, 0.25) is 5.28 Å². The van der Waals surface area contributed by atoms with Gasteiger partial charge in [-0.25, -0.2) is 14.8 Å². The van der Waals surface area contributed by atoms with E-state index in [9.17, 15) is 9.59 Å². The van der Waals surface area contributed by atoms with E-state index in [-0.39, 0.29) is 23.3 Å². The number of carbonyl (C=O) groups is 2. The second-order valence-electron chi connectivity index (χ2n) is 6.20. The van der Waals surface area contributed by atoms with E-state index in [2.05, 4.69) is 9.97 Å². The Hall–Kier alpha value is -1.89. The Bertz CT molecular complexity index is 564. The van der Waals surface area contributed by atoms with Crippen LogP contribution in [0.1, 0.15) is 31.1 Å². The van der Waals surface area contributed by atoms with Crippen LogP contribution in [-0.4, -0.2) is 63.5 Å². The molecule has 0 N–H and O–H groups in total. The smallest absolute Gasteiger partial charge is 0.410 e. The Kier molecular flexibility index (Phi) is 4.55. The number of halogens is 1. The molecule has 2 rings (SSSR count). The molecule has 7 nitrogen and oxygen atoms in total. The van der Waals surface area contributed by atoms with E-state index in [1.807, 2.05) is 20.8 Å². The zero-order valence-electron chi connectivity index (χ0n) is 13.0. The van der Waals surface area contributed by atoms with Gasteiger partial charge in [-0.3, -0.25) is 4.79 Å². The maximum atomic E-state index is 12.3. The molecular formula is C14H19ClN4O3. The minimum atomic E-state index is -0.523. The summed E-state index contributed by atoms with van der Waals surface area (Å²) >= 11 is 5.60. The number of amides is 2. The van der Waals surface area contributed by atoms with Crippen LogP contribution in [0.5, 0.6) is 0 Å². The van der Waals surface area contributed by atoms with Gasteiger partial charge in [-0.2, -0.15) is 0 Å². The largest absolute Gasteiger partial charge is 0.444 e. The maximum Gasteiger partial charge on any atom is 0.410 e. The zero-order chi connectivity index (χ0) is 16.5. The number of rotatable bonds is 2. The van der Waals surface area contributed by atoms with Crippen LogP contribution in [0.25, 0.3) is 0 Å².